The summed E-state index contributed by atoms with van der Waals surface area (Å²) in [6, 6.07) is 19.4. The summed E-state index contributed by atoms with van der Waals surface area (Å²) in [4.78, 5) is 30.6. The van der Waals surface area contributed by atoms with Crippen molar-refractivity contribution in [1.29, 1.82) is 0 Å². The zero-order chi connectivity index (χ0) is 30.4. The van der Waals surface area contributed by atoms with Gasteiger partial charge in [0.25, 0.3) is 11.5 Å². The van der Waals surface area contributed by atoms with Gasteiger partial charge in [-0.3, -0.25) is 14.2 Å². The maximum absolute atomic E-state index is 14.3. The molecule has 6 rings (SSSR count). The van der Waals surface area contributed by atoms with Crippen LogP contribution in [0.25, 0.3) is 33.3 Å². The number of amides is 1. The van der Waals surface area contributed by atoms with Crippen LogP contribution in [0.2, 0.25) is 0 Å². The molecule has 5 aromatic rings. The van der Waals surface area contributed by atoms with Crippen molar-refractivity contribution in [3.8, 4) is 28.3 Å². The molecule has 0 radical (unpaired) electrons. The lowest BCUT2D eigenvalue weighted by Crippen LogP contribution is -2.20. The Kier molecular flexibility index (Phi) is 7.05. The standard InChI is InChI=1S/C35H30FN3O4/c1-19-15-27-31(20(19)2)26(16-30(32(27)34(37)40)43-17-22-11-13-23(42-4)14-12-22)24-7-6-10-29(21(24)3)39-18-38-33-25(35(39)41)8-5-9-28(33)36/h5-14,16,18H,15,17H2,1-4H3,(H2,37,40). The van der Waals surface area contributed by atoms with Gasteiger partial charge in [0.15, 0.2) is 0 Å². The number of halogens is 1. The first kappa shape index (κ1) is 27.9. The number of fused-ring (bicyclic) bond motifs is 2. The molecule has 0 unspecified atom stereocenters. The predicted octanol–water partition coefficient (Wildman–Crippen LogP) is 6.54. The molecule has 0 atom stereocenters. The topological polar surface area (TPSA) is 96.4 Å². The fourth-order valence-electron chi connectivity index (χ4n) is 5.87. The summed E-state index contributed by atoms with van der Waals surface area (Å²) in [5.41, 5.74) is 14.0. The van der Waals surface area contributed by atoms with E-state index in [1.54, 1.807) is 13.2 Å². The fraction of sp³-hybridized carbons (Fsp3) is 0.171. The first-order valence-corrected chi connectivity index (χ1v) is 13.9. The second-order valence-corrected chi connectivity index (χ2v) is 10.7. The Hall–Kier alpha value is -5.24. The summed E-state index contributed by atoms with van der Waals surface area (Å²) in [7, 11) is 1.61. The van der Waals surface area contributed by atoms with Gasteiger partial charge in [0.05, 0.1) is 23.7 Å². The summed E-state index contributed by atoms with van der Waals surface area (Å²) in [5, 5.41) is 0.197. The van der Waals surface area contributed by atoms with E-state index in [1.807, 2.05) is 69.3 Å². The molecule has 1 amide bonds. The van der Waals surface area contributed by atoms with Gasteiger partial charge in [0, 0.05) is 0 Å². The number of methoxy groups -OCH3 is 1. The molecule has 0 bridgehead atoms. The third kappa shape index (κ3) is 4.74. The van der Waals surface area contributed by atoms with Crippen LogP contribution >= 0.6 is 0 Å². The number of nitrogens with two attached hydrogens (primary N) is 1. The number of allylic oxidation sites excluding steroid dienone is 2. The fourth-order valence-corrected chi connectivity index (χ4v) is 5.87. The van der Waals surface area contributed by atoms with Gasteiger partial charge in [0.1, 0.15) is 35.8 Å². The van der Waals surface area contributed by atoms with Gasteiger partial charge in [0.2, 0.25) is 0 Å². The van der Waals surface area contributed by atoms with Crippen molar-refractivity contribution in [1.82, 2.24) is 9.55 Å². The van der Waals surface area contributed by atoms with E-state index in [0.29, 0.717) is 23.4 Å². The van der Waals surface area contributed by atoms with Crippen LogP contribution in [-0.2, 0) is 13.0 Å². The van der Waals surface area contributed by atoms with Crippen molar-refractivity contribution < 1.29 is 18.7 Å². The molecular weight excluding hydrogens is 545 g/mol. The van der Waals surface area contributed by atoms with E-state index in [-0.39, 0.29) is 23.1 Å². The highest BCUT2D eigenvalue weighted by atomic mass is 19.1. The Labute approximate surface area is 248 Å². The molecule has 1 aromatic heterocycles. The molecule has 2 N–H and O–H groups in total. The molecule has 7 nitrogen and oxygen atoms in total. The van der Waals surface area contributed by atoms with Crippen LogP contribution in [0, 0.1) is 12.7 Å². The predicted molar refractivity (Wildman–Crippen MR) is 165 cm³/mol. The molecular formula is C35H30FN3O4. The maximum atomic E-state index is 14.3. The van der Waals surface area contributed by atoms with E-state index < -0.39 is 11.7 Å². The van der Waals surface area contributed by atoms with E-state index in [9.17, 15) is 14.0 Å². The van der Waals surface area contributed by atoms with Crippen LogP contribution in [-0.4, -0.2) is 22.6 Å². The highest BCUT2D eigenvalue weighted by Gasteiger charge is 2.29. The minimum Gasteiger partial charge on any atom is -0.497 e. The largest absolute Gasteiger partial charge is 0.497 e. The molecule has 0 aliphatic heterocycles. The number of aromatic nitrogens is 2. The van der Waals surface area contributed by atoms with Gasteiger partial charge < -0.3 is 15.2 Å². The number of rotatable bonds is 7. The molecule has 1 aliphatic carbocycles. The number of para-hydroxylation sites is 1. The van der Waals surface area contributed by atoms with Crippen LogP contribution in [0.3, 0.4) is 0 Å². The first-order valence-electron chi connectivity index (χ1n) is 13.9. The number of carbonyl (C=O) groups excluding carboxylic acids is 1. The molecule has 8 heteroatoms. The molecule has 1 aliphatic rings. The number of carbonyl (C=O) groups is 1. The van der Waals surface area contributed by atoms with E-state index in [2.05, 4.69) is 4.98 Å². The maximum Gasteiger partial charge on any atom is 0.265 e. The summed E-state index contributed by atoms with van der Waals surface area (Å²) >= 11 is 0. The van der Waals surface area contributed by atoms with Crippen molar-refractivity contribution in [2.24, 2.45) is 5.73 Å². The zero-order valence-corrected chi connectivity index (χ0v) is 24.3. The third-order valence-electron chi connectivity index (χ3n) is 8.24. The lowest BCUT2D eigenvalue weighted by molar-refractivity contribution is 0.0995. The highest BCUT2D eigenvalue weighted by Crippen LogP contribution is 2.46. The molecule has 0 spiro atoms. The monoisotopic (exact) mass is 575 g/mol. The number of primary amides is 1. The molecule has 43 heavy (non-hydrogen) atoms. The van der Waals surface area contributed by atoms with Crippen molar-refractivity contribution in [3.63, 3.8) is 0 Å². The third-order valence-corrected chi connectivity index (χ3v) is 8.24. The van der Waals surface area contributed by atoms with Gasteiger partial charge in [-0.25, -0.2) is 9.37 Å². The van der Waals surface area contributed by atoms with Gasteiger partial charge in [-0.15, -0.1) is 0 Å². The summed E-state index contributed by atoms with van der Waals surface area (Å²) in [6.45, 7) is 6.24. The Balaban J connectivity index is 1.52. The summed E-state index contributed by atoms with van der Waals surface area (Å²) in [6.07, 6.45) is 1.93. The highest BCUT2D eigenvalue weighted by molar-refractivity contribution is 6.03. The average molecular weight is 576 g/mol. The van der Waals surface area contributed by atoms with Crippen LogP contribution in [0.15, 0.2) is 83.4 Å². The van der Waals surface area contributed by atoms with Crippen LogP contribution in [0.5, 0.6) is 11.5 Å². The number of nitrogens with zero attached hydrogens (tertiary/aromatic N) is 2. The van der Waals surface area contributed by atoms with Gasteiger partial charge >= 0.3 is 0 Å². The van der Waals surface area contributed by atoms with Gasteiger partial charge in [-0.1, -0.05) is 35.9 Å². The first-order chi connectivity index (χ1) is 20.7. The Bertz CT molecular complexity index is 2030. The average Bonchev–Trinajstić information content (AvgIpc) is 3.30. The number of benzene rings is 4. The summed E-state index contributed by atoms with van der Waals surface area (Å²) in [5.74, 6) is 0.0302. The summed E-state index contributed by atoms with van der Waals surface area (Å²) < 4.78 is 27.3. The molecule has 4 aromatic carbocycles. The van der Waals surface area contributed by atoms with E-state index in [0.717, 1.165) is 50.3 Å². The molecule has 0 saturated carbocycles. The number of hydrogen-bond acceptors (Lipinski definition) is 5. The molecule has 0 saturated heterocycles. The Morgan fingerprint density at radius 3 is 2.49 bits per heavy atom. The van der Waals surface area contributed by atoms with Crippen LogP contribution < -0.4 is 20.8 Å². The number of ether oxygens (including phenoxy) is 2. The molecule has 216 valence electrons. The van der Waals surface area contributed by atoms with Gasteiger partial charge in [-0.2, -0.15) is 0 Å². The van der Waals surface area contributed by atoms with E-state index in [1.165, 1.54) is 23.0 Å². The quantitative estimate of drug-likeness (QED) is 0.238. The second kappa shape index (κ2) is 10.9. The molecule has 1 heterocycles. The number of hydrogen-bond donors (Lipinski definition) is 1. The van der Waals surface area contributed by atoms with Crippen molar-refractivity contribution in [3.05, 3.63) is 123 Å². The SMILES string of the molecule is COc1ccc(COc2cc(-c3cccc(-n4cnc5c(F)cccc5c4=O)c3C)c3c(c2C(N)=O)CC(C)=C3C)cc1. The Morgan fingerprint density at radius 2 is 1.77 bits per heavy atom. The zero-order valence-electron chi connectivity index (χ0n) is 24.3. The van der Waals surface area contributed by atoms with E-state index in [4.69, 9.17) is 15.2 Å². The van der Waals surface area contributed by atoms with Crippen LogP contribution in [0.1, 0.15) is 46.5 Å². The van der Waals surface area contributed by atoms with Gasteiger partial charge in [-0.05, 0) is 103 Å². The minimum atomic E-state index is -0.554. The second-order valence-electron chi connectivity index (χ2n) is 10.7. The van der Waals surface area contributed by atoms with E-state index >= 15 is 0 Å². The lowest BCUT2D eigenvalue weighted by atomic mass is 9.88. The van der Waals surface area contributed by atoms with Crippen LogP contribution in [0.4, 0.5) is 4.39 Å². The lowest BCUT2D eigenvalue weighted by Gasteiger charge is -2.21. The molecule has 0 fully saturated rings. The smallest absolute Gasteiger partial charge is 0.265 e. The van der Waals surface area contributed by atoms with Crippen molar-refractivity contribution >= 4 is 22.4 Å². The van der Waals surface area contributed by atoms with Crippen molar-refractivity contribution in [2.75, 3.05) is 7.11 Å². The van der Waals surface area contributed by atoms with Crippen molar-refractivity contribution in [2.45, 2.75) is 33.8 Å². The normalized spacial score (nSPS) is 12.5. The minimum absolute atomic E-state index is 0.0345. The Morgan fingerprint density at radius 1 is 1.02 bits per heavy atom.